The molecule has 0 spiro atoms. The zero-order valence-electron chi connectivity index (χ0n) is 14.5. The SMILES string of the molecule is CN1CCN(C)C(CNC(=O)CCc2ccccc2OC(F)(F)F)C1. The quantitative estimate of drug-likeness (QED) is 0.842. The molecule has 1 aromatic carbocycles. The lowest BCUT2D eigenvalue weighted by Gasteiger charge is -2.37. The van der Waals surface area contributed by atoms with E-state index in [1.807, 2.05) is 14.1 Å². The predicted octanol–water partition coefficient (Wildman–Crippen LogP) is 1.88. The smallest absolute Gasteiger partial charge is 0.406 e. The molecule has 1 aromatic rings. The van der Waals surface area contributed by atoms with Crippen LogP contribution in [0.1, 0.15) is 12.0 Å². The first-order valence-corrected chi connectivity index (χ1v) is 8.24. The Hall–Kier alpha value is -1.80. The monoisotopic (exact) mass is 359 g/mol. The molecule has 1 atom stereocenters. The Morgan fingerprint density at radius 3 is 2.72 bits per heavy atom. The van der Waals surface area contributed by atoms with Crippen molar-refractivity contribution in [3.63, 3.8) is 0 Å². The maximum Gasteiger partial charge on any atom is 0.573 e. The minimum Gasteiger partial charge on any atom is -0.406 e. The maximum atomic E-state index is 12.4. The molecule has 140 valence electrons. The first-order valence-electron chi connectivity index (χ1n) is 8.24. The second-order valence-corrected chi connectivity index (χ2v) is 6.36. The fraction of sp³-hybridized carbons (Fsp3) is 0.588. The highest BCUT2D eigenvalue weighted by molar-refractivity contribution is 5.76. The summed E-state index contributed by atoms with van der Waals surface area (Å²) in [6.07, 6.45) is -4.43. The molecule has 1 amide bonds. The lowest BCUT2D eigenvalue weighted by molar-refractivity contribution is -0.274. The number of carbonyl (C=O) groups is 1. The van der Waals surface area contributed by atoms with Crippen molar-refractivity contribution >= 4 is 5.91 Å². The second-order valence-electron chi connectivity index (χ2n) is 6.36. The molecule has 1 fully saturated rings. The molecule has 1 aliphatic rings. The van der Waals surface area contributed by atoms with Crippen molar-refractivity contribution in [2.24, 2.45) is 0 Å². The van der Waals surface area contributed by atoms with Crippen molar-refractivity contribution in [3.8, 4) is 5.75 Å². The minimum atomic E-state index is -4.74. The number of para-hydroxylation sites is 1. The number of halogens is 3. The summed E-state index contributed by atoms with van der Waals surface area (Å²) >= 11 is 0. The minimum absolute atomic E-state index is 0.116. The number of hydrogen-bond donors (Lipinski definition) is 1. The average molecular weight is 359 g/mol. The van der Waals surface area contributed by atoms with E-state index < -0.39 is 6.36 Å². The summed E-state index contributed by atoms with van der Waals surface area (Å²) in [5.41, 5.74) is 0.365. The van der Waals surface area contributed by atoms with Gasteiger partial charge in [-0.25, -0.2) is 0 Å². The normalized spacial score (nSPS) is 19.6. The number of ether oxygens (including phenoxy) is 1. The molecule has 1 saturated heterocycles. The first-order chi connectivity index (χ1) is 11.7. The van der Waals surface area contributed by atoms with Gasteiger partial charge in [0.15, 0.2) is 0 Å². The van der Waals surface area contributed by atoms with Crippen LogP contribution in [0.2, 0.25) is 0 Å². The largest absolute Gasteiger partial charge is 0.573 e. The van der Waals surface area contributed by atoms with Crippen LogP contribution < -0.4 is 10.1 Å². The maximum absolute atomic E-state index is 12.4. The number of carbonyl (C=O) groups excluding carboxylic acids is 1. The highest BCUT2D eigenvalue weighted by atomic mass is 19.4. The number of nitrogens with zero attached hydrogens (tertiary/aromatic N) is 2. The van der Waals surface area contributed by atoms with Crippen molar-refractivity contribution in [1.82, 2.24) is 15.1 Å². The molecule has 0 radical (unpaired) electrons. The van der Waals surface area contributed by atoms with Gasteiger partial charge in [0.2, 0.25) is 5.91 Å². The molecule has 1 aliphatic heterocycles. The van der Waals surface area contributed by atoms with E-state index in [-0.39, 0.29) is 30.5 Å². The number of likely N-dealkylation sites (N-methyl/N-ethyl adjacent to an activating group) is 2. The average Bonchev–Trinajstić information content (AvgIpc) is 2.53. The Balaban J connectivity index is 1.82. The predicted molar refractivity (Wildman–Crippen MR) is 88.4 cm³/mol. The highest BCUT2D eigenvalue weighted by Gasteiger charge is 2.32. The number of piperazine rings is 1. The van der Waals surface area contributed by atoms with Crippen LogP contribution in [-0.4, -0.2) is 68.4 Å². The third-order valence-corrected chi connectivity index (χ3v) is 4.33. The fourth-order valence-corrected chi connectivity index (χ4v) is 2.82. The van der Waals surface area contributed by atoms with Gasteiger partial charge in [-0.1, -0.05) is 18.2 Å². The molecular weight excluding hydrogens is 335 g/mol. The number of amides is 1. The molecule has 0 aromatic heterocycles. The standard InChI is InChI=1S/C17H24F3N3O2/c1-22-9-10-23(2)14(12-22)11-21-16(24)8-7-13-5-3-4-6-15(13)25-17(18,19)20/h3-6,14H,7-12H2,1-2H3,(H,21,24). The summed E-state index contributed by atoms with van der Waals surface area (Å²) in [7, 11) is 4.06. The van der Waals surface area contributed by atoms with Gasteiger partial charge in [0.1, 0.15) is 5.75 Å². The molecule has 8 heteroatoms. The van der Waals surface area contributed by atoms with Gasteiger partial charge in [-0.3, -0.25) is 9.69 Å². The van der Waals surface area contributed by atoms with Gasteiger partial charge in [0.05, 0.1) is 0 Å². The van der Waals surface area contributed by atoms with Crippen LogP contribution in [0.4, 0.5) is 13.2 Å². The Labute approximate surface area is 145 Å². The second kappa shape index (κ2) is 8.53. The summed E-state index contributed by atoms with van der Waals surface area (Å²) in [6.45, 7) is 3.34. The first kappa shape index (κ1) is 19.5. The van der Waals surface area contributed by atoms with Gasteiger partial charge in [-0.05, 0) is 32.1 Å². The molecule has 0 aliphatic carbocycles. The van der Waals surface area contributed by atoms with Crippen molar-refractivity contribution in [3.05, 3.63) is 29.8 Å². The summed E-state index contributed by atoms with van der Waals surface area (Å²) < 4.78 is 41.2. The third kappa shape index (κ3) is 6.55. The number of benzene rings is 1. The van der Waals surface area contributed by atoms with Crippen molar-refractivity contribution in [1.29, 1.82) is 0 Å². The van der Waals surface area contributed by atoms with E-state index in [1.165, 1.54) is 18.2 Å². The van der Waals surface area contributed by atoms with E-state index in [2.05, 4.69) is 19.9 Å². The van der Waals surface area contributed by atoms with E-state index in [0.29, 0.717) is 12.1 Å². The summed E-state index contributed by atoms with van der Waals surface area (Å²) in [5, 5.41) is 2.87. The van der Waals surface area contributed by atoms with E-state index in [0.717, 1.165) is 19.6 Å². The summed E-state index contributed by atoms with van der Waals surface area (Å²) in [4.78, 5) is 16.4. The van der Waals surface area contributed by atoms with Crippen molar-refractivity contribution in [2.75, 3.05) is 40.3 Å². The number of aryl methyl sites for hydroxylation is 1. The number of alkyl halides is 3. The van der Waals surface area contributed by atoms with Crippen LogP contribution in [0.15, 0.2) is 24.3 Å². The van der Waals surface area contributed by atoms with E-state index in [9.17, 15) is 18.0 Å². The molecule has 25 heavy (non-hydrogen) atoms. The molecule has 2 rings (SSSR count). The van der Waals surface area contributed by atoms with Gasteiger partial charge < -0.3 is 15.0 Å². The summed E-state index contributed by atoms with van der Waals surface area (Å²) in [6, 6.07) is 6.14. The number of nitrogens with one attached hydrogen (secondary N) is 1. The van der Waals surface area contributed by atoms with Crippen LogP contribution in [-0.2, 0) is 11.2 Å². The fourth-order valence-electron chi connectivity index (χ4n) is 2.82. The molecular formula is C17H24F3N3O2. The third-order valence-electron chi connectivity index (χ3n) is 4.33. The molecule has 1 unspecified atom stereocenters. The van der Waals surface area contributed by atoms with Crippen LogP contribution in [0.3, 0.4) is 0 Å². The highest BCUT2D eigenvalue weighted by Crippen LogP contribution is 2.26. The van der Waals surface area contributed by atoms with Crippen LogP contribution in [0.25, 0.3) is 0 Å². The molecule has 5 nitrogen and oxygen atoms in total. The van der Waals surface area contributed by atoms with Crippen molar-refractivity contribution < 1.29 is 22.7 Å². The molecule has 1 heterocycles. The van der Waals surface area contributed by atoms with Gasteiger partial charge in [-0.15, -0.1) is 13.2 Å². The Morgan fingerprint density at radius 2 is 2.00 bits per heavy atom. The van der Waals surface area contributed by atoms with Crippen LogP contribution in [0.5, 0.6) is 5.75 Å². The van der Waals surface area contributed by atoms with Crippen LogP contribution >= 0.6 is 0 Å². The topological polar surface area (TPSA) is 44.8 Å². The number of hydrogen-bond acceptors (Lipinski definition) is 4. The van der Waals surface area contributed by atoms with Gasteiger partial charge in [0, 0.05) is 38.6 Å². The Kier molecular flexibility index (Phi) is 6.66. The zero-order valence-corrected chi connectivity index (χ0v) is 14.5. The Bertz CT molecular complexity index is 581. The Morgan fingerprint density at radius 1 is 1.28 bits per heavy atom. The van der Waals surface area contributed by atoms with Gasteiger partial charge >= 0.3 is 6.36 Å². The molecule has 1 N–H and O–H groups in total. The van der Waals surface area contributed by atoms with E-state index in [1.54, 1.807) is 6.07 Å². The van der Waals surface area contributed by atoms with Gasteiger partial charge in [-0.2, -0.15) is 0 Å². The van der Waals surface area contributed by atoms with Crippen molar-refractivity contribution in [2.45, 2.75) is 25.2 Å². The summed E-state index contributed by atoms with van der Waals surface area (Å²) in [5.74, 6) is -0.431. The van der Waals surface area contributed by atoms with Crippen LogP contribution in [0, 0.1) is 0 Å². The molecule has 0 bridgehead atoms. The van der Waals surface area contributed by atoms with E-state index in [4.69, 9.17) is 0 Å². The van der Waals surface area contributed by atoms with Gasteiger partial charge in [0.25, 0.3) is 0 Å². The molecule has 0 saturated carbocycles. The lowest BCUT2D eigenvalue weighted by Crippen LogP contribution is -2.54. The lowest BCUT2D eigenvalue weighted by atomic mass is 10.1. The number of rotatable bonds is 6. The zero-order chi connectivity index (χ0) is 18.4. The van der Waals surface area contributed by atoms with E-state index >= 15 is 0 Å².